The molecule has 0 unspecified atom stereocenters. The Labute approximate surface area is 89.7 Å². The Hall–Kier alpha value is -1.19. The van der Waals surface area contributed by atoms with Crippen molar-refractivity contribution in [2.24, 2.45) is 0 Å². The molecule has 0 spiro atoms. The summed E-state index contributed by atoms with van der Waals surface area (Å²) < 4.78 is 5.23. The van der Waals surface area contributed by atoms with Crippen LogP contribution in [0.25, 0.3) is 0 Å². The average Bonchev–Trinajstić information content (AvgIpc) is 2.31. The lowest BCUT2D eigenvalue weighted by Crippen LogP contribution is -2.39. The number of benzene rings is 1. The zero-order chi connectivity index (χ0) is 10.5. The maximum absolute atomic E-state index is 11.8. The number of nitrogens with zero attached hydrogens (tertiary/aromatic N) is 1. The van der Waals surface area contributed by atoms with Gasteiger partial charge in [-0.2, -0.15) is 0 Å². The van der Waals surface area contributed by atoms with E-state index in [-0.39, 0.29) is 5.78 Å². The lowest BCUT2D eigenvalue weighted by atomic mass is 10.1. The van der Waals surface area contributed by atoms with Crippen LogP contribution in [0, 0.1) is 6.07 Å². The van der Waals surface area contributed by atoms with E-state index in [4.69, 9.17) is 4.74 Å². The number of morpholine rings is 1. The molecule has 0 aliphatic carbocycles. The highest BCUT2D eigenvalue weighted by atomic mass is 16.5. The molecule has 0 aromatic heterocycles. The van der Waals surface area contributed by atoms with E-state index in [1.54, 1.807) is 12.1 Å². The van der Waals surface area contributed by atoms with Gasteiger partial charge in [0.2, 0.25) is 0 Å². The third kappa shape index (κ3) is 2.88. The highest BCUT2D eigenvalue weighted by molar-refractivity contribution is 5.97. The first kappa shape index (κ1) is 10.3. The van der Waals surface area contributed by atoms with Gasteiger partial charge in [-0.1, -0.05) is 24.3 Å². The standard InChI is InChI=1S/C12H14NO2/c14-12(11-4-2-1-3-5-11)10-13-6-8-15-9-7-13/h2-5H,6-10H2. The molecule has 3 heteroatoms. The van der Waals surface area contributed by atoms with Gasteiger partial charge in [-0.25, -0.2) is 0 Å². The molecular formula is C12H14NO2. The summed E-state index contributed by atoms with van der Waals surface area (Å²) >= 11 is 0. The Morgan fingerprint density at radius 2 is 2.00 bits per heavy atom. The topological polar surface area (TPSA) is 29.5 Å². The molecular weight excluding hydrogens is 190 g/mol. The minimum atomic E-state index is 0.172. The summed E-state index contributed by atoms with van der Waals surface area (Å²) in [6.07, 6.45) is 0. The molecule has 2 rings (SSSR count). The van der Waals surface area contributed by atoms with Crippen LogP contribution in [0.5, 0.6) is 0 Å². The van der Waals surface area contributed by atoms with Gasteiger partial charge >= 0.3 is 0 Å². The second-order valence-electron chi connectivity index (χ2n) is 3.60. The molecule has 1 fully saturated rings. The molecule has 15 heavy (non-hydrogen) atoms. The summed E-state index contributed by atoms with van der Waals surface area (Å²) in [5, 5.41) is 0. The Morgan fingerprint density at radius 3 is 2.67 bits per heavy atom. The molecule has 1 saturated heterocycles. The number of Topliss-reactive ketones (excluding diaryl/α,β-unsaturated/α-hetero) is 1. The maximum atomic E-state index is 11.8. The first-order valence-corrected chi connectivity index (χ1v) is 5.16. The fraction of sp³-hybridized carbons (Fsp3) is 0.417. The van der Waals surface area contributed by atoms with Gasteiger partial charge < -0.3 is 4.74 Å². The van der Waals surface area contributed by atoms with Gasteiger partial charge in [0.1, 0.15) is 0 Å². The van der Waals surface area contributed by atoms with E-state index < -0.39 is 0 Å². The number of hydrogen-bond donors (Lipinski definition) is 0. The molecule has 1 radical (unpaired) electrons. The van der Waals surface area contributed by atoms with Crippen molar-refractivity contribution in [2.45, 2.75) is 0 Å². The molecule has 0 N–H and O–H groups in total. The molecule has 0 saturated carbocycles. The normalized spacial score (nSPS) is 17.6. The average molecular weight is 204 g/mol. The summed E-state index contributed by atoms with van der Waals surface area (Å²) in [7, 11) is 0. The minimum Gasteiger partial charge on any atom is -0.379 e. The highest BCUT2D eigenvalue weighted by Gasteiger charge is 2.14. The number of ether oxygens (including phenoxy) is 1. The van der Waals surface area contributed by atoms with Crippen molar-refractivity contribution < 1.29 is 9.53 Å². The quantitative estimate of drug-likeness (QED) is 0.688. The molecule has 79 valence electrons. The lowest BCUT2D eigenvalue weighted by Gasteiger charge is -2.25. The van der Waals surface area contributed by atoms with Crippen molar-refractivity contribution in [3.8, 4) is 0 Å². The summed E-state index contributed by atoms with van der Waals surface area (Å²) in [6, 6.07) is 10.1. The van der Waals surface area contributed by atoms with Gasteiger partial charge in [-0.3, -0.25) is 9.69 Å². The molecule has 1 aromatic carbocycles. The molecule has 1 aliphatic heterocycles. The summed E-state index contributed by atoms with van der Waals surface area (Å²) in [5.74, 6) is 0.172. The number of ketones is 1. The molecule has 0 amide bonds. The van der Waals surface area contributed by atoms with Crippen LogP contribution in [0.2, 0.25) is 0 Å². The smallest absolute Gasteiger partial charge is 0.176 e. The van der Waals surface area contributed by atoms with Crippen molar-refractivity contribution in [1.29, 1.82) is 0 Å². The second kappa shape index (κ2) is 5.05. The van der Waals surface area contributed by atoms with Gasteiger partial charge in [0.05, 0.1) is 19.8 Å². The molecule has 1 aromatic rings. The first-order valence-electron chi connectivity index (χ1n) is 5.16. The molecule has 0 bridgehead atoms. The van der Waals surface area contributed by atoms with Crippen molar-refractivity contribution in [3.05, 3.63) is 35.9 Å². The zero-order valence-electron chi connectivity index (χ0n) is 8.61. The Kier molecular flexibility index (Phi) is 3.48. The second-order valence-corrected chi connectivity index (χ2v) is 3.60. The van der Waals surface area contributed by atoms with Crippen LogP contribution < -0.4 is 0 Å². The minimum absolute atomic E-state index is 0.172. The van der Waals surface area contributed by atoms with Crippen molar-refractivity contribution in [1.82, 2.24) is 4.90 Å². The Balaban J connectivity index is 1.91. The van der Waals surface area contributed by atoms with E-state index in [1.165, 1.54) is 0 Å². The van der Waals surface area contributed by atoms with Crippen LogP contribution in [0.15, 0.2) is 24.3 Å². The first-order chi connectivity index (χ1) is 7.36. The monoisotopic (exact) mass is 204 g/mol. The van der Waals surface area contributed by atoms with Crippen LogP contribution >= 0.6 is 0 Å². The summed E-state index contributed by atoms with van der Waals surface area (Å²) in [6.45, 7) is 3.66. The fourth-order valence-electron chi connectivity index (χ4n) is 1.63. The third-order valence-corrected chi connectivity index (χ3v) is 2.51. The van der Waals surface area contributed by atoms with E-state index >= 15 is 0 Å². The van der Waals surface area contributed by atoms with E-state index in [1.807, 2.05) is 12.1 Å². The van der Waals surface area contributed by atoms with Gasteiger partial charge in [0.15, 0.2) is 5.78 Å². The van der Waals surface area contributed by atoms with Crippen LogP contribution in [0.4, 0.5) is 0 Å². The van der Waals surface area contributed by atoms with Crippen molar-refractivity contribution >= 4 is 5.78 Å². The van der Waals surface area contributed by atoms with E-state index in [9.17, 15) is 4.79 Å². The van der Waals surface area contributed by atoms with Gasteiger partial charge in [0.25, 0.3) is 0 Å². The predicted molar refractivity (Wildman–Crippen MR) is 56.9 cm³/mol. The Morgan fingerprint density at radius 1 is 1.33 bits per heavy atom. The van der Waals surface area contributed by atoms with E-state index in [0.29, 0.717) is 6.54 Å². The van der Waals surface area contributed by atoms with Crippen molar-refractivity contribution in [2.75, 3.05) is 32.8 Å². The summed E-state index contributed by atoms with van der Waals surface area (Å²) in [5.41, 5.74) is 0.764. The van der Waals surface area contributed by atoms with Gasteiger partial charge in [-0.05, 0) is 6.07 Å². The van der Waals surface area contributed by atoms with Gasteiger partial charge in [-0.15, -0.1) is 0 Å². The predicted octanol–water partition coefficient (Wildman–Crippen LogP) is 1.00. The van der Waals surface area contributed by atoms with Gasteiger partial charge in [0, 0.05) is 18.7 Å². The Bertz CT molecular complexity index is 318. The number of hydrogen-bond acceptors (Lipinski definition) is 3. The number of rotatable bonds is 3. The fourth-order valence-corrected chi connectivity index (χ4v) is 1.63. The lowest BCUT2D eigenvalue weighted by molar-refractivity contribution is 0.0371. The SMILES string of the molecule is O=C(CN1CCOCC1)c1cc[c]cc1. The molecule has 1 aliphatic rings. The van der Waals surface area contributed by atoms with Crippen LogP contribution in [-0.2, 0) is 4.74 Å². The van der Waals surface area contributed by atoms with E-state index in [0.717, 1.165) is 31.9 Å². The van der Waals surface area contributed by atoms with E-state index in [2.05, 4.69) is 11.0 Å². The highest BCUT2D eigenvalue weighted by Crippen LogP contribution is 2.03. The third-order valence-electron chi connectivity index (χ3n) is 2.51. The van der Waals surface area contributed by atoms with Crippen LogP contribution in [0.1, 0.15) is 10.4 Å². The summed E-state index contributed by atoms with van der Waals surface area (Å²) in [4.78, 5) is 13.9. The maximum Gasteiger partial charge on any atom is 0.176 e. The molecule has 3 nitrogen and oxygen atoms in total. The van der Waals surface area contributed by atoms with Crippen LogP contribution in [-0.4, -0.2) is 43.5 Å². The van der Waals surface area contributed by atoms with Crippen LogP contribution in [0.3, 0.4) is 0 Å². The zero-order valence-corrected chi connectivity index (χ0v) is 8.61. The number of carbonyl (C=O) groups excluding carboxylic acids is 1. The molecule has 0 atom stereocenters. The largest absolute Gasteiger partial charge is 0.379 e. The molecule has 1 heterocycles. The van der Waals surface area contributed by atoms with Crippen molar-refractivity contribution in [3.63, 3.8) is 0 Å². The number of carbonyl (C=O) groups is 1.